The van der Waals surface area contributed by atoms with E-state index in [-0.39, 0.29) is 0 Å². The molecule has 0 bridgehead atoms. The maximum absolute atomic E-state index is 5.88. The number of fused-ring (bicyclic) bond motifs is 1. The van der Waals surface area contributed by atoms with Gasteiger partial charge in [-0.15, -0.1) is 11.3 Å². The number of aryl methyl sites for hydroxylation is 1. The molecule has 198 valence electrons. The maximum atomic E-state index is 5.88. The zero-order valence-electron chi connectivity index (χ0n) is 23.0. The summed E-state index contributed by atoms with van der Waals surface area (Å²) in [6.07, 6.45) is 7.40. The number of methoxy groups -OCH3 is 1. The van der Waals surface area contributed by atoms with Crippen LogP contribution >= 0.6 is 11.3 Å². The van der Waals surface area contributed by atoms with Crippen molar-refractivity contribution in [3.05, 3.63) is 88.5 Å². The highest BCUT2D eigenvalue weighted by molar-refractivity contribution is 7.22. The number of hydrogen-bond donors (Lipinski definition) is 0. The van der Waals surface area contributed by atoms with E-state index in [4.69, 9.17) is 4.74 Å². The largest absolute Gasteiger partial charge is 0.496 e. The number of ether oxygens (including phenoxy) is 1. The van der Waals surface area contributed by atoms with Gasteiger partial charge in [-0.1, -0.05) is 48.5 Å². The Morgan fingerprint density at radius 2 is 1.50 bits per heavy atom. The first-order valence-electron chi connectivity index (χ1n) is 14.4. The van der Waals surface area contributed by atoms with Crippen LogP contribution < -0.4 is 4.74 Å². The lowest BCUT2D eigenvalue weighted by Crippen LogP contribution is -2.21. The van der Waals surface area contributed by atoms with Crippen LogP contribution in [0.1, 0.15) is 53.5 Å². The van der Waals surface area contributed by atoms with Gasteiger partial charge < -0.3 is 9.64 Å². The normalized spacial score (nSPS) is 16.6. The zero-order valence-corrected chi connectivity index (χ0v) is 23.8. The summed E-state index contributed by atoms with van der Waals surface area (Å²) >= 11 is 1.94. The van der Waals surface area contributed by atoms with Gasteiger partial charge in [-0.3, -0.25) is 4.90 Å². The summed E-state index contributed by atoms with van der Waals surface area (Å²) in [5, 5.41) is 1.38. The van der Waals surface area contributed by atoms with Gasteiger partial charge in [-0.05, 0) is 117 Å². The molecule has 0 amide bonds. The molecule has 6 rings (SSSR count). The van der Waals surface area contributed by atoms with Crippen molar-refractivity contribution in [2.24, 2.45) is 0 Å². The first kappa shape index (κ1) is 25.6. The summed E-state index contributed by atoms with van der Waals surface area (Å²) < 4.78 is 7.26. The molecule has 0 saturated carbocycles. The molecule has 1 aromatic heterocycles. The first-order valence-corrected chi connectivity index (χ1v) is 15.2. The SMILES string of the molecule is COc1cc(Cc2c(-c3ccc(CCN4CCCC4)cc3)sc3cc(C)ccc23)ccc1CN1CCCC1. The smallest absolute Gasteiger partial charge is 0.123 e. The Balaban J connectivity index is 1.28. The maximum Gasteiger partial charge on any atom is 0.123 e. The summed E-state index contributed by atoms with van der Waals surface area (Å²) in [6.45, 7) is 9.30. The van der Waals surface area contributed by atoms with Crippen molar-refractivity contribution >= 4 is 21.4 Å². The standard InChI is InChI=1S/C34H40N2OS/c1-25-7-14-30-31(22-27-10-13-29(32(23-27)37-2)24-36-18-5-6-19-36)34(38-33(30)21-25)28-11-8-26(9-12-28)15-20-35-16-3-4-17-35/h7-14,21,23H,3-6,15-20,22,24H2,1-2H3. The molecular weight excluding hydrogens is 484 g/mol. The summed E-state index contributed by atoms with van der Waals surface area (Å²) in [6, 6.07) is 23.2. The van der Waals surface area contributed by atoms with Crippen molar-refractivity contribution in [3.63, 3.8) is 0 Å². The molecule has 0 aliphatic carbocycles. The molecule has 3 aromatic carbocycles. The van der Waals surface area contributed by atoms with Crippen LogP contribution in [0.25, 0.3) is 20.5 Å². The van der Waals surface area contributed by atoms with Crippen molar-refractivity contribution < 1.29 is 4.74 Å². The van der Waals surface area contributed by atoms with Crippen molar-refractivity contribution in [3.8, 4) is 16.2 Å². The average molecular weight is 525 g/mol. The minimum absolute atomic E-state index is 0.912. The van der Waals surface area contributed by atoms with Gasteiger partial charge in [-0.25, -0.2) is 0 Å². The predicted octanol–water partition coefficient (Wildman–Crippen LogP) is 7.71. The van der Waals surface area contributed by atoms with E-state index in [9.17, 15) is 0 Å². The van der Waals surface area contributed by atoms with Gasteiger partial charge in [0.05, 0.1) is 7.11 Å². The fourth-order valence-corrected chi connectivity index (χ4v) is 7.52. The van der Waals surface area contributed by atoms with Crippen LogP contribution in [-0.4, -0.2) is 49.6 Å². The van der Waals surface area contributed by atoms with Crippen molar-refractivity contribution in [1.29, 1.82) is 0 Å². The Morgan fingerprint density at radius 3 is 2.24 bits per heavy atom. The monoisotopic (exact) mass is 524 g/mol. The number of rotatable bonds is 9. The van der Waals surface area contributed by atoms with Crippen LogP contribution in [0.2, 0.25) is 0 Å². The molecule has 2 aliphatic heterocycles. The lowest BCUT2D eigenvalue weighted by Gasteiger charge is -2.18. The third kappa shape index (κ3) is 5.68. The van der Waals surface area contributed by atoms with Gasteiger partial charge in [0.2, 0.25) is 0 Å². The van der Waals surface area contributed by atoms with Crippen LogP contribution in [-0.2, 0) is 19.4 Å². The van der Waals surface area contributed by atoms with Gasteiger partial charge >= 0.3 is 0 Å². The Hall–Kier alpha value is -2.66. The molecule has 2 fully saturated rings. The zero-order chi connectivity index (χ0) is 25.9. The summed E-state index contributed by atoms with van der Waals surface area (Å²) in [4.78, 5) is 6.54. The fraction of sp³-hybridized carbons (Fsp3) is 0.412. The minimum atomic E-state index is 0.912. The van der Waals surface area contributed by atoms with Crippen LogP contribution in [0.4, 0.5) is 0 Å². The molecule has 0 unspecified atom stereocenters. The van der Waals surface area contributed by atoms with E-state index >= 15 is 0 Å². The predicted molar refractivity (Wildman–Crippen MR) is 162 cm³/mol. The molecule has 3 nitrogen and oxygen atoms in total. The number of likely N-dealkylation sites (tertiary alicyclic amines) is 2. The molecule has 2 saturated heterocycles. The van der Waals surface area contributed by atoms with E-state index in [1.807, 2.05) is 18.4 Å². The first-order chi connectivity index (χ1) is 18.7. The van der Waals surface area contributed by atoms with Gasteiger partial charge in [0.1, 0.15) is 5.75 Å². The number of benzene rings is 3. The van der Waals surface area contributed by atoms with Crippen LogP contribution in [0.15, 0.2) is 60.7 Å². The second-order valence-corrected chi connectivity index (χ2v) is 12.3. The number of hydrogen-bond acceptors (Lipinski definition) is 4. The number of thiophene rings is 1. The van der Waals surface area contributed by atoms with Crippen LogP contribution in [0.3, 0.4) is 0 Å². The van der Waals surface area contributed by atoms with E-state index in [0.29, 0.717) is 0 Å². The molecule has 0 atom stereocenters. The summed E-state index contributed by atoms with van der Waals surface area (Å²) in [5.74, 6) is 1.02. The molecule has 4 heteroatoms. The van der Waals surface area contributed by atoms with E-state index in [1.54, 1.807) is 0 Å². The van der Waals surface area contributed by atoms with Crippen molar-refractivity contribution in [1.82, 2.24) is 9.80 Å². The fourth-order valence-electron chi connectivity index (χ4n) is 6.20. The van der Waals surface area contributed by atoms with Crippen molar-refractivity contribution in [2.75, 3.05) is 39.8 Å². The second-order valence-electron chi connectivity index (χ2n) is 11.2. The van der Waals surface area contributed by atoms with Gasteiger partial charge in [0, 0.05) is 28.2 Å². The highest BCUT2D eigenvalue weighted by Crippen LogP contribution is 2.41. The van der Waals surface area contributed by atoms with Gasteiger partial charge in [0.15, 0.2) is 0 Å². The Kier molecular flexibility index (Phi) is 7.82. The Labute approximate surface area is 232 Å². The van der Waals surface area contributed by atoms with E-state index in [0.717, 1.165) is 25.1 Å². The molecule has 3 heterocycles. The topological polar surface area (TPSA) is 15.7 Å². The third-order valence-corrected chi connectivity index (χ3v) is 9.65. The molecule has 0 radical (unpaired) electrons. The van der Waals surface area contributed by atoms with E-state index < -0.39 is 0 Å². The minimum Gasteiger partial charge on any atom is -0.496 e. The van der Waals surface area contributed by atoms with Crippen LogP contribution in [0.5, 0.6) is 5.75 Å². The highest BCUT2D eigenvalue weighted by Gasteiger charge is 2.18. The quantitative estimate of drug-likeness (QED) is 0.223. The summed E-state index contributed by atoms with van der Waals surface area (Å²) in [7, 11) is 1.81. The lowest BCUT2D eigenvalue weighted by atomic mass is 9.97. The van der Waals surface area contributed by atoms with Gasteiger partial charge in [-0.2, -0.15) is 0 Å². The van der Waals surface area contributed by atoms with Gasteiger partial charge in [0.25, 0.3) is 0 Å². The third-order valence-electron chi connectivity index (χ3n) is 8.40. The summed E-state index contributed by atoms with van der Waals surface area (Å²) in [5.41, 5.74) is 8.15. The Bertz CT molecular complexity index is 1380. The second kappa shape index (κ2) is 11.6. The number of nitrogens with zero attached hydrogens (tertiary/aromatic N) is 2. The molecule has 0 spiro atoms. The molecule has 0 N–H and O–H groups in total. The van der Waals surface area contributed by atoms with Crippen molar-refractivity contribution in [2.45, 2.75) is 52.0 Å². The van der Waals surface area contributed by atoms with E-state index in [2.05, 4.69) is 77.4 Å². The lowest BCUT2D eigenvalue weighted by molar-refractivity contribution is 0.321. The molecule has 2 aliphatic rings. The highest BCUT2D eigenvalue weighted by atomic mass is 32.1. The van der Waals surface area contributed by atoms with Crippen LogP contribution in [0, 0.1) is 6.92 Å². The molecular formula is C34H40N2OS. The Morgan fingerprint density at radius 1 is 0.789 bits per heavy atom. The van der Waals surface area contributed by atoms with E-state index in [1.165, 1.54) is 107 Å². The molecule has 4 aromatic rings. The average Bonchev–Trinajstić information content (AvgIpc) is 3.71. The molecule has 38 heavy (non-hydrogen) atoms.